The third-order valence-electron chi connectivity index (χ3n) is 3.50. The largest absolute Gasteiger partial charge is 0.506 e. The number of anilines is 3. The predicted octanol–water partition coefficient (Wildman–Crippen LogP) is 0.983. The van der Waals surface area contributed by atoms with Crippen LogP contribution < -0.4 is 14.8 Å². The van der Waals surface area contributed by atoms with Gasteiger partial charge in [0.05, 0.1) is 41.1 Å². The summed E-state index contributed by atoms with van der Waals surface area (Å²) in [7, 11) is -7.76. The summed E-state index contributed by atoms with van der Waals surface area (Å²) in [6.07, 6.45) is -0.118. The van der Waals surface area contributed by atoms with Crippen molar-refractivity contribution < 1.29 is 32.2 Å². The topological polar surface area (TPSA) is 165 Å². The number of benzene rings is 2. The van der Waals surface area contributed by atoms with Crippen molar-refractivity contribution in [3.63, 3.8) is 0 Å². The molecule has 0 amide bonds. The molecule has 0 aromatic heterocycles. The van der Waals surface area contributed by atoms with Crippen LogP contribution in [0.3, 0.4) is 0 Å². The first-order chi connectivity index (χ1) is 13.4. The second-order valence-corrected chi connectivity index (χ2v) is 9.88. The molecule has 0 aliphatic rings. The number of phenols is 1. The lowest BCUT2D eigenvalue weighted by Gasteiger charge is -2.15. The van der Waals surface area contributed by atoms with Gasteiger partial charge in [0, 0.05) is 12.6 Å². The summed E-state index contributed by atoms with van der Waals surface area (Å²) in [6.45, 7) is -0.587. The van der Waals surface area contributed by atoms with Gasteiger partial charge in [0.2, 0.25) is 10.0 Å². The number of hydrogen-bond acceptors (Lipinski definition) is 8. The van der Waals surface area contributed by atoms with Crippen LogP contribution >= 0.6 is 11.6 Å². The first-order valence-corrected chi connectivity index (χ1v) is 11.8. The number of halogens is 1. The number of hydrogen-bond donors (Lipinski definition) is 6. The van der Waals surface area contributed by atoms with Crippen LogP contribution in [-0.2, 0) is 20.0 Å². The molecule has 0 aliphatic carbocycles. The van der Waals surface area contributed by atoms with Gasteiger partial charge in [-0.3, -0.25) is 9.44 Å². The van der Waals surface area contributed by atoms with Gasteiger partial charge in [0.1, 0.15) is 10.6 Å². The number of nitrogens with one attached hydrogen (secondary N) is 3. The Kier molecular flexibility index (Phi) is 7.19. The fourth-order valence-electron chi connectivity index (χ4n) is 2.25. The summed E-state index contributed by atoms with van der Waals surface area (Å²) in [5.41, 5.74) is 0.298. The quantitative estimate of drug-likeness (QED) is 0.298. The second-order valence-electron chi connectivity index (χ2n) is 6.08. The van der Waals surface area contributed by atoms with Crippen molar-refractivity contribution >= 4 is 48.7 Å². The lowest BCUT2D eigenvalue weighted by atomic mass is 10.2. The zero-order valence-corrected chi connectivity index (χ0v) is 17.5. The number of phenolic OH excluding ortho intramolecular Hbond substituents is 1. The van der Waals surface area contributed by atoms with Gasteiger partial charge < -0.3 is 20.6 Å². The Morgan fingerprint density at radius 3 is 2.28 bits per heavy atom. The van der Waals surface area contributed by atoms with E-state index in [9.17, 15) is 27.0 Å². The maximum Gasteiger partial charge on any atom is 0.263 e. The van der Waals surface area contributed by atoms with Gasteiger partial charge in [0.25, 0.3) is 10.0 Å². The molecule has 0 bridgehead atoms. The SMILES string of the molecule is CS(=O)(=O)Nc1cccc(NS(=O)(=O)c2cc(O)c(NCC(O)CO)cc2Cl)c1. The highest BCUT2D eigenvalue weighted by Crippen LogP contribution is 2.34. The molecule has 0 aliphatic heterocycles. The van der Waals surface area contributed by atoms with Crippen molar-refractivity contribution in [1.82, 2.24) is 0 Å². The lowest BCUT2D eigenvalue weighted by molar-refractivity contribution is 0.105. The third-order valence-corrected chi connectivity index (χ3v) is 5.95. The third kappa shape index (κ3) is 6.65. The van der Waals surface area contributed by atoms with Gasteiger partial charge in [-0.25, -0.2) is 16.8 Å². The van der Waals surface area contributed by atoms with Crippen LogP contribution in [0.4, 0.5) is 17.1 Å². The summed E-state index contributed by atoms with van der Waals surface area (Å²) in [6, 6.07) is 7.67. The van der Waals surface area contributed by atoms with E-state index in [-0.39, 0.29) is 28.6 Å². The van der Waals surface area contributed by atoms with E-state index >= 15 is 0 Å². The van der Waals surface area contributed by atoms with Crippen molar-refractivity contribution in [1.29, 1.82) is 0 Å². The maximum atomic E-state index is 12.7. The fraction of sp³-hybridized carbons (Fsp3) is 0.250. The predicted molar refractivity (Wildman–Crippen MR) is 110 cm³/mol. The van der Waals surface area contributed by atoms with Crippen LogP contribution in [0.25, 0.3) is 0 Å². The van der Waals surface area contributed by atoms with Crippen LogP contribution in [0.1, 0.15) is 0 Å². The molecule has 2 aromatic carbocycles. The van der Waals surface area contributed by atoms with Crippen molar-refractivity contribution in [3.8, 4) is 5.75 Å². The number of aromatic hydroxyl groups is 1. The number of sulfonamides is 2. The highest BCUT2D eigenvalue weighted by atomic mass is 35.5. The van der Waals surface area contributed by atoms with E-state index in [0.29, 0.717) is 0 Å². The van der Waals surface area contributed by atoms with Crippen LogP contribution in [0, 0.1) is 0 Å². The molecule has 0 saturated heterocycles. The van der Waals surface area contributed by atoms with Crippen LogP contribution in [0.2, 0.25) is 5.02 Å². The minimum absolute atomic E-state index is 0.0702. The van der Waals surface area contributed by atoms with Crippen LogP contribution in [0.5, 0.6) is 5.75 Å². The van der Waals surface area contributed by atoms with Crippen LogP contribution in [0.15, 0.2) is 41.3 Å². The second kappa shape index (κ2) is 9.05. The maximum absolute atomic E-state index is 12.7. The molecule has 0 fully saturated rings. The monoisotopic (exact) mass is 465 g/mol. The molecular formula is C16H20ClN3O7S2. The van der Waals surface area contributed by atoms with E-state index in [1.807, 2.05) is 0 Å². The Hall–Kier alpha value is -2.25. The summed E-state index contributed by atoms with van der Waals surface area (Å²) in [5, 5.41) is 30.6. The first kappa shape index (κ1) is 23.0. The zero-order chi connectivity index (χ0) is 21.8. The minimum atomic E-state index is -4.22. The average Bonchev–Trinajstić information content (AvgIpc) is 2.60. The summed E-state index contributed by atoms with van der Waals surface area (Å²) >= 11 is 6.05. The van der Waals surface area contributed by atoms with Crippen molar-refractivity contribution in [2.45, 2.75) is 11.0 Å². The van der Waals surface area contributed by atoms with Gasteiger partial charge in [-0.2, -0.15) is 0 Å². The molecule has 1 atom stereocenters. The molecule has 13 heteroatoms. The molecule has 0 saturated carbocycles. The van der Waals surface area contributed by atoms with E-state index in [0.717, 1.165) is 18.4 Å². The molecule has 29 heavy (non-hydrogen) atoms. The Morgan fingerprint density at radius 2 is 1.69 bits per heavy atom. The molecule has 0 radical (unpaired) electrons. The van der Waals surface area contributed by atoms with E-state index in [1.54, 1.807) is 0 Å². The van der Waals surface area contributed by atoms with Gasteiger partial charge in [-0.1, -0.05) is 17.7 Å². The Morgan fingerprint density at radius 1 is 1.07 bits per heavy atom. The fourth-order valence-corrected chi connectivity index (χ4v) is 4.41. The Labute approximate surface area is 173 Å². The first-order valence-electron chi connectivity index (χ1n) is 8.07. The van der Waals surface area contributed by atoms with Gasteiger partial charge in [-0.05, 0) is 24.3 Å². The minimum Gasteiger partial charge on any atom is -0.506 e. The van der Waals surface area contributed by atoms with E-state index < -0.39 is 43.4 Å². The highest BCUT2D eigenvalue weighted by Gasteiger charge is 2.21. The number of rotatable bonds is 9. The van der Waals surface area contributed by atoms with Gasteiger partial charge in [0.15, 0.2) is 0 Å². The summed E-state index contributed by atoms with van der Waals surface area (Å²) in [5.74, 6) is -0.438. The van der Waals surface area contributed by atoms with Gasteiger partial charge >= 0.3 is 0 Å². The van der Waals surface area contributed by atoms with E-state index in [1.165, 1.54) is 24.3 Å². The molecule has 1 unspecified atom stereocenters. The molecule has 6 N–H and O–H groups in total. The normalized spacial score (nSPS) is 13.0. The smallest absolute Gasteiger partial charge is 0.263 e. The Balaban J connectivity index is 2.27. The van der Waals surface area contributed by atoms with E-state index in [2.05, 4.69) is 14.8 Å². The molecule has 10 nitrogen and oxygen atoms in total. The highest BCUT2D eigenvalue weighted by molar-refractivity contribution is 7.93. The summed E-state index contributed by atoms with van der Waals surface area (Å²) < 4.78 is 52.4. The van der Waals surface area contributed by atoms with E-state index in [4.69, 9.17) is 16.7 Å². The molecule has 2 rings (SSSR count). The average molecular weight is 466 g/mol. The standard InChI is InChI=1S/C16H20ClN3O7S2/c1-28(24,25)19-10-3-2-4-11(5-10)20-29(26,27)16-7-15(23)14(6-13(16)17)18-8-12(22)9-21/h2-7,12,18-23H,8-9H2,1H3. The molecule has 0 spiro atoms. The van der Waals surface area contributed by atoms with Gasteiger partial charge in [-0.15, -0.1) is 0 Å². The number of aliphatic hydroxyl groups is 2. The summed E-state index contributed by atoms with van der Waals surface area (Å²) in [4.78, 5) is -0.411. The molecule has 2 aromatic rings. The van der Waals surface area contributed by atoms with Crippen molar-refractivity contribution in [2.24, 2.45) is 0 Å². The Bertz CT molecular complexity index is 1090. The van der Waals surface area contributed by atoms with Crippen LogP contribution in [-0.4, -0.2) is 57.7 Å². The van der Waals surface area contributed by atoms with Crippen molar-refractivity contribution in [2.75, 3.05) is 34.2 Å². The zero-order valence-electron chi connectivity index (χ0n) is 15.1. The lowest BCUT2D eigenvalue weighted by Crippen LogP contribution is -2.23. The molecular weight excluding hydrogens is 446 g/mol. The number of aliphatic hydroxyl groups excluding tert-OH is 2. The molecule has 0 heterocycles. The van der Waals surface area contributed by atoms with Crippen molar-refractivity contribution in [3.05, 3.63) is 41.4 Å². The molecule has 160 valence electrons.